The van der Waals surface area contributed by atoms with E-state index in [-0.39, 0.29) is 11.5 Å². The van der Waals surface area contributed by atoms with Crippen LogP contribution in [0.15, 0.2) is 30.5 Å². The number of anilines is 1. The number of guanidine groups is 1. The van der Waals surface area contributed by atoms with Crippen molar-refractivity contribution in [3.63, 3.8) is 0 Å². The van der Waals surface area contributed by atoms with E-state index in [2.05, 4.69) is 15.6 Å². The number of hydrogen-bond donors (Lipinski definition) is 5. The van der Waals surface area contributed by atoms with Crippen LogP contribution in [0.4, 0.5) is 5.69 Å². The van der Waals surface area contributed by atoms with Gasteiger partial charge in [0.05, 0.1) is 11.2 Å². The van der Waals surface area contributed by atoms with Gasteiger partial charge in [-0.2, -0.15) is 0 Å². The summed E-state index contributed by atoms with van der Waals surface area (Å²) in [5.74, 6) is -1.01. The zero-order valence-electron chi connectivity index (χ0n) is 12.8. The molecule has 0 amide bonds. The molecule has 6 N–H and O–H groups in total. The minimum absolute atomic E-state index is 0.0162. The Kier molecular flexibility index (Phi) is 5.74. The SMILES string of the molecule is N=C(N)NCCCCCNc1c(C(=O)O)cnc2ccccc12. The predicted octanol–water partition coefficient (Wildman–Crippen LogP) is 2.00. The summed E-state index contributed by atoms with van der Waals surface area (Å²) >= 11 is 0. The minimum atomic E-state index is -0.989. The van der Waals surface area contributed by atoms with Crippen LogP contribution in [-0.2, 0) is 0 Å². The quantitative estimate of drug-likeness (QED) is 0.288. The van der Waals surface area contributed by atoms with E-state index in [4.69, 9.17) is 11.1 Å². The maximum atomic E-state index is 11.4. The Hall–Kier alpha value is -2.83. The van der Waals surface area contributed by atoms with E-state index >= 15 is 0 Å². The smallest absolute Gasteiger partial charge is 0.339 e. The molecule has 7 heteroatoms. The maximum Gasteiger partial charge on any atom is 0.339 e. The first-order valence-electron chi connectivity index (χ1n) is 7.52. The number of nitrogens with one attached hydrogen (secondary N) is 3. The molecule has 1 aromatic carbocycles. The molecule has 7 nitrogen and oxygen atoms in total. The standard InChI is InChI=1S/C16H21N5O2/c17-16(18)20-9-5-1-4-8-19-14-11-6-2-3-7-13(11)21-10-12(14)15(22)23/h2-3,6-7,10H,1,4-5,8-9H2,(H,19,21)(H,22,23)(H4,17,18,20). The molecule has 0 aliphatic carbocycles. The van der Waals surface area contributed by atoms with Crippen LogP contribution < -0.4 is 16.4 Å². The Bertz CT molecular complexity index is 702. The van der Waals surface area contributed by atoms with Gasteiger partial charge in [-0.15, -0.1) is 0 Å². The predicted molar refractivity (Wildman–Crippen MR) is 91.0 cm³/mol. The third-order valence-electron chi connectivity index (χ3n) is 3.48. The van der Waals surface area contributed by atoms with E-state index in [9.17, 15) is 9.90 Å². The highest BCUT2D eigenvalue weighted by atomic mass is 16.4. The number of carboxylic acid groups (broad SMARTS) is 1. The first-order valence-corrected chi connectivity index (χ1v) is 7.52. The van der Waals surface area contributed by atoms with Crippen molar-refractivity contribution in [1.29, 1.82) is 5.41 Å². The second kappa shape index (κ2) is 7.98. The Balaban J connectivity index is 1.97. The van der Waals surface area contributed by atoms with Crippen molar-refractivity contribution in [3.05, 3.63) is 36.0 Å². The van der Waals surface area contributed by atoms with Crippen molar-refractivity contribution < 1.29 is 9.90 Å². The fraction of sp³-hybridized carbons (Fsp3) is 0.312. The number of benzene rings is 1. The fourth-order valence-corrected chi connectivity index (χ4v) is 2.36. The van der Waals surface area contributed by atoms with Crippen molar-refractivity contribution in [1.82, 2.24) is 10.3 Å². The molecule has 0 fully saturated rings. The van der Waals surface area contributed by atoms with Gasteiger partial charge in [-0.25, -0.2) is 4.79 Å². The molecule has 0 radical (unpaired) electrons. The van der Waals surface area contributed by atoms with E-state index in [1.807, 2.05) is 24.3 Å². The number of aromatic nitrogens is 1. The van der Waals surface area contributed by atoms with Crippen molar-refractivity contribution in [2.24, 2.45) is 5.73 Å². The van der Waals surface area contributed by atoms with Gasteiger partial charge in [0.2, 0.25) is 0 Å². The van der Waals surface area contributed by atoms with Crippen LogP contribution in [0.1, 0.15) is 29.6 Å². The highest BCUT2D eigenvalue weighted by molar-refractivity contribution is 6.04. The van der Waals surface area contributed by atoms with Gasteiger partial charge >= 0.3 is 5.97 Å². The number of unbranched alkanes of at least 4 members (excludes halogenated alkanes) is 2. The summed E-state index contributed by atoms with van der Waals surface area (Å²) in [4.78, 5) is 15.6. The average Bonchev–Trinajstić information content (AvgIpc) is 2.53. The van der Waals surface area contributed by atoms with E-state index < -0.39 is 5.97 Å². The van der Waals surface area contributed by atoms with Crippen LogP contribution in [0.25, 0.3) is 10.9 Å². The summed E-state index contributed by atoms with van der Waals surface area (Å²) in [6.45, 7) is 1.35. The van der Waals surface area contributed by atoms with Gasteiger partial charge in [0.1, 0.15) is 5.56 Å². The number of fused-ring (bicyclic) bond motifs is 1. The van der Waals surface area contributed by atoms with E-state index in [1.54, 1.807) is 0 Å². The number of nitrogens with zero attached hydrogens (tertiary/aromatic N) is 1. The lowest BCUT2D eigenvalue weighted by atomic mass is 10.1. The number of hydrogen-bond acceptors (Lipinski definition) is 4. The van der Waals surface area contributed by atoms with E-state index in [0.29, 0.717) is 18.8 Å². The molecule has 122 valence electrons. The van der Waals surface area contributed by atoms with Crippen LogP contribution in [0.3, 0.4) is 0 Å². The molecule has 0 unspecified atom stereocenters. The third kappa shape index (κ3) is 4.57. The highest BCUT2D eigenvalue weighted by Crippen LogP contribution is 2.25. The Labute approximate surface area is 134 Å². The van der Waals surface area contributed by atoms with Crippen LogP contribution in [-0.4, -0.2) is 35.1 Å². The molecule has 2 aromatic rings. The van der Waals surface area contributed by atoms with E-state index in [0.717, 1.165) is 30.2 Å². The molecule has 0 saturated heterocycles. The van der Waals surface area contributed by atoms with Gasteiger partial charge in [0.25, 0.3) is 0 Å². The number of carbonyl (C=O) groups is 1. The second-order valence-corrected chi connectivity index (χ2v) is 5.20. The van der Waals surface area contributed by atoms with Crippen LogP contribution in [0.2, 0.25) is 0 Å². The van der Waals surface area contributed by atoms with Gasteiger partial charge < -0.3 is 21.5 Å². The zero-order chi connectivity index (χ0) is 16.7. The molecule has 0 aliphatic heterocycles. The monoisotopic (exact) mass is 315 g/mol. The first-order chi connectivity index (χ1) is 11.1. The minimum Gasteiger partial charge on any atom is -0.478 e. The summed E-state index contributed by atoms with van der Waals surface area (Å²) in [5, 5.41) is 23.2. The molecule has 0 saturated carbocycles. The summed E-state index contributed by atoms with van der Waals surface area (Å²) in [7, 11) is 0. The first kappa shape index (κ1) is 16.5. The lowest BCUT2D eigenvalue weighted by Crippen LogP contribution is -2.30. The molecule has 0 bridgehead atoms. The number of nitrogens with two attached hydrogens (primary N) is 1. The van der Waals surface area contributed by atoms with Gasteiger partial charge in [-0.1, -0.05) is 18.2 Å². The molecule has 2 rings (SSSR count). The van der Waals surface area contributed by atoms with Gasteiger partial charge in [-0.3, -0.25) is 10.4 Å². The zero-order valence-corrected chi connectivity index (χ0v) is 12.8. The molecular formula is C16H21N5O2. The third-order valence-corrected chi connectivity index (χ3v) is 3.48. The molecule has 23 heavy (non-hydrogen) atoms. The molecule has 0 spiro atoms. The molecule has 0 aliphatic rings. The van der Waals surface area contributed by atoms with Crippen LogP contribution >= 0.6 is 0 Å². The largest absolute Gasteiger partial charge is 0.478 e. The Morgan fingerprint density at radius 3 is 2.70 bits per heavy atom. The van der Waals surface area contributed by atoms with Crippen LogP contribution in [0, 0.1) is 5.41 Å². The normalized spacial score (nSPS) is 10.4. The summed E-state index contributed by atoms with van der Waals surface area (Å²) < 4.78 is 0. The van der Waals surface area contributed by atoms with Crippen LogP contribution in [0.5, 0.6) is 0 Å². The van der Waals surface area contributed by atoms with Crippen molar-refractivity contribution in [3.8, 4) is 0 Å². The number of para-hydroxylation sites is 1. The Morgan fingerprint density at radius 1 is 1.22 bits per heavy atom. The fourth-order valence-electron chi connectivity index (χ4n) is 2.36. The van der Waals surface area contributed by atoms with Crippen molar-refractivity contribution >= 4 is 28.5 Å². The van der Waals surface area contributed by atoms with Crippen molar-refractivity contribution in [2.45, 2.75) is 19.3 Å². The van der Waals surface area contributed by atoms with Gasteiger partial charge in [-0.05, 0) is 25.3 Å². The Morgan fingerprint density at radius 2 is 1.96 bits per heavy atom. The number of carboxylic acids is 1. The number of pyridine rings is 1. The average molecular weight is 315 g/mol. The maximum absolute atomic E-state index is 11.4. The molecule has 1 aromatic heterocycles. The summed E-state index contributed by atoms with van der Waals surface area (Å²) in [5.41, 5.74) is 6.77. The second-order valence-electron chi connectivity index (χ2n) is 5.20. The number of aromatic carboxylic acids is 1. The summed E-state index contributed by atoms with van der Waals surface area (Å²) in [6.07, 6.45) is 4.15. The van der Waals surface area contributed by atoms with Gasteiger partial charge in [0.15, 0.2) is 5.96 Å². The lowest BCUT2D eigenvalue weighted by molar-refractivity contribution is 0.0697. The summed E-state index contributed by atoms with van der Waals surface area (Å²) in [6, 6.07) is 7.48. The lowest BCUT2D eigenvalue weighted by Gasteiger charge is -2.12. The topological polar surface area (TPSA) is 124 Å². The van der Waals surface area contributed by atoms with Gasteiger partial charge in [0, 0.05) is 24.7 Å². The molecule has 0 atom stereocenters. The number of rotatable bonds is 8. The molecular weight excluding hydrogens is 294 g/mol. The van der Waals surface area contributed by atoms with E-state index in [1.165, 1.54) is 6.20 Å². The molecule has 1 heterocycles. The highest BCUT2D eigenvalue weighted by Gasteiger charge is 2.13. The van der Waals surface area contributed by atoms with Crippen molar-refractivity contribution in [2.75, 3.05) is 18.4 Å².